The first-order valence-corrected chi connectivity index (χ1v) is 5.82. The number of hydrogen-bond acceptors (Lipinski definition) is 3. The third kappa shape index (κ3) is 4.17. The molecule has 1 atom stereocenters. The monoisotopic (exact) mass is 236 g/mol. The van der Waals surface area contributed by atoms with E-state index in [1.165, 1.54) is 0 Å². The fourth-order valence-corrected chi connectivity index (χ4v) is 1.49. The van der Waals surface area contributed by atoms with Crippen molar-refractivity contribution in [2.24, 2.45) is 0 Å². The van der Waals surface area contributed by atoms with E-state index in [-0.39, 0.29) is 25.1 Å². The Kier molecular flexibility index (Phi) is 5.66. The number of aliphatic hydroxyl groups is 1. The summed E-state index contributed by atoms with van der Waals surface area (Å²) in [5.41, 5.74) is 0.988. The first-order valence-electron chi connectivity index (χ1n) is 5.82. The molecule has 1 amide bonds. The molecular formula is C13H20N2O2. The second kappa shape index (κ2) is 7.04. The van der Waals surface area contributed by atoms with Crippen molar-refractivity contribution >= 4 is 5.91 Å². The highest BCUT2D eigenvalue weighted by Gasteiger charge is 2.12. The molecule has 0 saturated heterocycles. The Bertz CT molecular complexity index is 341. The van der Waals surface area contributed by atoms with Crippen LogP contribution >= 0.6 is 0 Å². The van der Waals surface area contributed by atoms with Crippen LogP contribution in [0.3, 0.4) is 0 Å². The maximum Gasteiger partial charge on any atom is 0.236 e. The van der Waals surface area contributed by atoms with Crippen LogP contribution in [0.5, 0.6) is 0 Å². The Morgan fingerprint density at radius 2 is 2.06 bits per heavy atom. The summed E-state index contributed by atoms with van der Waals surface area (Å²) in [6.45, 7) is 2.84. The number of benzene rings is 1. The SMILES string of the molecule is CCN(C)C(=O)CNC(CO)c1ccccc1. The number of hydrogen-bond donors (Lipinski definition) is 2. The second-order valence-corrected chi connectivity index (χ2v) is 3.93. The molecule has 0 aromatic heterocycles. The van der Waals surface area contributed by atoms with Gasteiger partial charge in [0.2, 0.25) is 5.91 Å². The number of aliphatic hydroxyl groups excluding tert-OH is 1. The maximum atomic E-state index is 11.6. The van der Waals surface area contributed by atoms with E-state index in [4.69, 9.17) is 0 Å². The van der Waals surface area contributed by atoms with Crippen LogP contribution in [0.1, 0.15) is 18.5 Å². The second-order valence-electron chi connectivity index (χ2n) is 3.93. The van der Waals surface area contributed by atoms with Crippen molar-refractivity contribution in [1.29, 1.82) is 0 Å². The molecule has 4 nitrogen and oxygen atoms in total. The Labute approximate surface area is 102 Å². The smallest absolute Gasteiger partial charge is 0.236 e. The van der Waals surface area contributed by atoms with Gasteiger partial charge in [-0.1, -0.05) is 30.3 Å². The van der Waals surface area contributed by atoms with Crippen LogP contribution in [0.2, 0.25) is 0 Å². The van der Waals surface area contributed by atoms with E-state index in [1.807, 2.05) is 37.3 Å². The number of nitrogens with one attached hydrogen (secondary N) is 1. The minimum absolute atomic E-state index is 0.0207. The molecule has 4 heteroatoms. The van der Waals surface area contributed by atoms with Crippen LogP contribution in [-0.4, -0.2) is 42.7 Å². The van der Waals surface area contributed by atoms with Crippen molar-refractivity contribution in [2.45, 2.75) is 13.0 Å². The van der Waals surface area contributed by atoms with Gasteiger partial charge in [-0.05, 0) is 12.5 Å². The summed E-state index contributed by atoms with van der Waals surface area (Å²) in [5.74, 6) is 0.0295. The van der Waals surface area contributed by atoms with E-state index in [2.05, 4.69) is 5.32 Å². The molecule has 0 radical (unpaired) electrons. The fraction of sp³-hybridized carbons (Fsp3) is 0.462. The van der Waals surface area contributed by atoms with Crippen LogP contribution in [0, 0.1) is 0 Å². The molecule has 17 heavy (non-hydrogen) atoms. The average molecular weight is 236 g/mol. The van der Waals surface area contributed by atoms with Gasteiger partial charge in [0.15, 0.2) is 0 Å². The number of nitrogens with zero attached hydrogens (tertiary/aromatic N) is 1. The molecule has 0 saturated carbocycles. The number of rotatable bonds is 6. The molecule has 0 bridgehead atoms. The van der Waals surface area contributed by atoms with Crippen LogP contribution in [0.4, 0.5) is 0 Å². The maximum absolute atomic E-state index is 11.6. The van der Waals surface area contributed by atoms with Crippen LogP contribution in [-0.2, 0) is 4.79 Å². The van der Waals surface area contributed by atoms with Gasteiger partial charge < -0.3 is 10.0 Å². The molecule has 2 N–H and O–H groups in total. The van der Waals surface area contributed by atoms with Crippen molar-refractivity contribution in [3.63, 3.8) is 0 Å². The summed E-state index contributed by atoms with van der Waals surface area (Å²) in [6.07, 6.45) is 0. The van der Waals surface area contributed by atoms with E-state index in [0.717, 1.165) is 5.56 Å². The molecule has 0 aliphatic rings. The van der Waals surface area contributed by atoms with Gasteiger partial charge in [0.05, 0.1) is 19.2 Å². The zero-order valence-electron chi connectivity index (χ0n) is 10.4. The summed E-state index contributed by atoms with van der Waals surface area (Å²) in [6, 6.07) is 9.43. The molecule has 1 aromatic rings. The predicted molar refractivity (Wildman–Crippen MR) is 67.6 cm³/mol. The lowest BCUT2D eigenvalue weighted by atomic mass is 10.1. The van der Waals surface area contributed by atoms with Crippen molar-refractivity contribution in [3.05, 3.63) is 35.9 Å². The first-order chi connectivity index (χ1) is 8.19. The number of carbonyl (C=O) groups excluding carboxylic acids is 1. The highest BCUT2D eigenvalue weighted by atomic mass is 16.3. The molecule has 0 heterocycles. The third-order valence-electron chi connectivity index (χ3n) is 2.78. The molecule has 1 aromatic carbocycles. The molecule has 0 spiro atoms. The average Bonchev–Trinajstić information content (AvgIpc) is 2.39. The quantitative estimate of drug-likeness (QED) is 0.767. The summed E-state index contributed by atoms with van der Waals surface area (Å²) in [4.78, 5) is 13.3. The minimum Gasteiger partial charge on any atom is -0.394 e. The van der Waals surface area contributed by atoms with Gasteiger partial charge in [0, 0.05) is 13.6 Å². The summed E-state index contributed by atoms with van der Waals surface area (Å²) in [5, 5.41) is 12.4. The first kappa shape index (κ1) is 13.7. The van der Waals surface area contributed by atoms with Gasteiger partial charge in [-0.15, -0.1) is 0 Å². The Morgan fingerprint density at radius 1 is 1.41 bits per heavy atom. The standard InChI is InChI=1S/C13H20N2O2/c1-3-15(2)13(17)9-14-12(10-16)11-7-5-4-6-8-11/h4-8,12,14,16H,3,9-10H2,1-2H3. The van der Waals surface area contributed by atoms with Crippen LogP contribution in [0.25, 0.3) is 0 Å². The third-order valence-corrected chi connectivity index (χ3v) is 2.78. The molecule has 0 aliphatic carbocycles. The van der Waals surface area contributed by atoms with Gasteiger partial charge in [0.1, 0.15) is 0 Å². The van der Waals surface area contributed by atoms with Gasteiger partial charge in [0.25, 0.3) is 0 Å². The Morgan fingerprint density at radius 3 is 2.59 bits per heavy atom. The largest absolute Gasteiger partial charge is 0.394 e. The lowest BCUT2D eigenvalue weighted by Crippen LogP contribution is -2.37. The number of likely N-dealkylation sites (N-methyl/N-ethyl adjacent to an activating group) is 1. The Balaban J connectivity index is 2.51. The molecule has 0 aliphatic heterocycles. The molecule has 1 rings (SSSR count). The molecule has 1 unspecified atom stereocenters. The van der Waals surface area contributed by atoms with Crippen molar-refractivity contribution in [2.75, 3.05) is 26.7 Å². The van der Waals surface area contributed by atoms with Gasteiger partial charge in [-0.2, -0.15) is 0 Å². The minimum atomic E-state index is -0.189. The normalized spacial score (nSPS) is 12.2. The fourth-order valence-electron chi connectivity index (χ4n) is 1.49. The van der Waals surface area contributed by atoms with E-state index >= 15 is 0 Å². The van der Waals surface area contributed by atoms with E-state index in [9.17, 15) is 9.90 Å². The van der Waals surface area contributed by atoms with Gasteiger partial charge >= 0.3 is 0 Å². The van der Waals surface area contributed by atoms with Crippen molar-refractivity contribution < 1.29 is 9.90 Å². The predicted octanol–water partition coefficient (Wildman–Crippen LogP) is 0.788. The zero-order valence-corrected chi connectivity index (χ0v) is 10.4. The van der Waals surface area contributed by atoms with Crippen LogP contribution in [0.15, 0.2) is 30.3 Å². The highest BCUT2D eigenvalue weighted by Crippen LogP contribution is 2.10. The van der Waals surface area contributed by atoms with E-state index in [1.54, 1.807) is 11.9 Å². The number of carbonyl (C=O) groups is 1. The van der Waals surface area contributed by atoms with Gasteiger partial charge in [-0.3, -0.25) is 10.1 Å². The van der Waals surface area contributed by atoms with Crippen molar-refractivity contribution in [1.82, 2.24) is 10.2 Å². The molecule has 0 fully saturated rings. The summed E-state index contributed by atoms with van der Waals surface area (Å²) in [7, 11) is 1.76. The zero-order chi connectivity index (χ0) is 12.7. The summed E-state index contributed by atoms with van der Waals surface area (Å²) < 4.78 is 0. The van der Waals surface area contributed by atoms with Gasteiger partial charge in [-0.25, -0.2) is 0 Å². The van der Waals surface area contributed by atoms with E-state index < -0.39 is 0 Å². The molecule has 94 valence electrons. The number of amides is 1. The lowest BCUT2D eigenvalue weighted by Gasteiger charge is -2.19. The Hall–Kier alpha value is -1.39. The highest BCUT2D eigenvalue weighted by molar-refractivity contribution is 5.77. The van der Waals surface area contributed by atoms with Crippen LogP contribution < -0.4 is 5.32 Å². The summed E-state index contributed by atoms with van der Waals surface area (Å²) >= 11 is 0. The molecular weight excluding hydrogens is 216 g/mol. The van der Waals surface area contributed by atoms with E-state index in [0.29, 0.717) is 6.54 Å². The van der Waals surface area contributed by atoms with Crippen molar-refractivity contribution in [3.8, 4) is 0 Å². The lowest BCUT2D eigenvalue weighted by molar-refractivity contribution is -0.128. The topological polar surface area (TPSA) is 52.6 Å².